The average molecular weight is 378 g/mol. The van der Waals surface area contributed by atoms with Crippen molar-refractivity contribution in [3.8, 4) is 0 Å². The molecule has 3 rings (SSSR count). The Balaban J connectivity index is 1.62. The van der Waals surface area contributed by atoms with Crippen molar-refractivity contribution in [1.29, 1.82) is 0 Å². The predicted octanol–water partition coefficient (Wildman–Crippen LogP) is 2.70. The van der Waals surface area contributed by atoms with Gasteiger partial charge in [0.05, 0.1) is 11.5 Å². The molecule has 0 aliphatic carbocycles. The molecule has 2 aromatic carbocycles. The first kappa shape index (κ1) is 19.1. The molecule has 144 valence electrons. The van der Waals surface area contributed by atoms with Gasteiger partial charge in [-0.05, 0) is 17.2 Å². The first-order valence-corrected chi connectivity index (χ1v) is 8.88. The fraction of sp³-hybridized carbons (Fsp3) is 0.200. The van der Waals surface area contributed by atoms with Crippen LogP contribution in [0.5, 0.6) is 0 Å². The summed E-state index contributed by atoms with van der Waals surface area (Å²) in [6.45, 7) is 1.58. The van der Waals surface area contributed by atoms with Crippen LogP contribution in [0.15, 0.2) is 72.0 Å². The summed E-state index contributed by atoms with van der Waals surface area (Å²) >= 11 is 0. The van der Waals surface area contributed by atoms with Crippen LogP contribution in [0.4, 0.5) is 5.69 Å². The van der Waals surface area contributed by atoms with Crippen molar-refractivity contribution >= 4 is 11.6 Å². The number of benzene rings is 2. The van der Waals surface area contributed by atoms with Gasteiger partial charge < -0.3 is 10.6 Å². The molecule has 0 atom stereocenters. The van der Waals surface area contributed by atoms with Crippen molar-refractivity contribution in [2.24, 2.45) is 4.99 Å². The molecular weight excluding hydrogens is 356 g/mol. The molecule has 0 saturated carbocycles. The minimum Gasteiger partial charge on any atom is -0.352 e. The Morgan fingerprint density at radius 2 is 1.68 bits per heavy atom. The zero-order valence-corrected chi connectivity index (χ0v) is 15.6. The smallest absolute Gasteiger partial charge is 0.274 e. The van der Waals surface area contributed by atoms with Gasteiger partial charge in [-0.25, -0.2) is 0 Å². The molecule has 0 aliphatic heterocycles. The maximum atomic E-state index is 11.1. The number of para-hydroxylation sites is 1. The van der Waals surface area contributed by atoms with E-state index in [0.717, 1.165) is 11.1 Å². The number of rotatable bonds is 7. The Hall–Kier alpha value is -3.68. The first-order chi connectivity index (χ1) is 13.7. The molecule has 28 heavy (non-hydrogen) atoms. The quantitative estimate of drug-likeness (QED) is 0.285. The molecule has 2 N–H and O–H groups in total. The number of nitrogens with one attached hydrogen (secondary N) is 2. The monoisotopic (exact) mass is 378 g/mol. The topological polar surface area (TPSA) is 97.4 Å². The number of nitrogens with zero attached hydrogens (tertiary/aromatic N) is 4. The fourth-order valence-electron chi connectivity index (χ4n) is 2.87. The van der Waals surface area contributed by atoms with Crippen molar-refractivity contribution in [2.75, 3.05) is 7.05 Å². The van der Waals surface area contributed by atoms with E-state index in [0.29, 0.717) is 31.2 Å². The van der Waals surface area contributed by atoms with Gasteiger partial charge in [-0.3, -0.25) is 19.8 Å². The van der Waals surface area contributed by atoms with Crippen LogP contribution in [0.2, 0.25) is 0 Å². The van der Waals surface area contributed by atoms with Gasteiger partial charge in [0, 0.05) is 44.2 Å². The Kier molecular flexibility index (Phi) is 6.35. The van der Waals surface area contributed by atoms with E-state index >= 15 is 0 Å². The number of nitro groups is 1. The van der Waals surface area contributed by atoms with Gasteiger partial charge in [0.25, 0.3) is 5.69 Å². The highest BCUT2D eigenvalue weighted by Gasteiger charge is 2.12. The fourth-order valence-corrected chi connectivity index (χ4v) is 2.87. The van der Waals surface area contributed by atoms with Gasteiger partial charge in [0.15, 0.2) is 5.96 Å². The van der Waals surface area contributed by atoms with E-state index in [4.69, 9.17) is 0 Å². The predicted molar refractivity (Wildman–Crippen MR) is 108 cm³/mol. The lowest BCUT2D eigenvalue weighted by Gasteiger charge is -2.14. The van der Waals surface area contributed by atoms with Crippen molar-refractivity contribution < 1.29 is 4.92 Å². The van der Waals surface area contributed by atoms with Crippen molar-refractivity contribution in [3.05, 3.63) is 93.8 Å². The molecule has 8 nitrogen and oxygen atoms in total. The molecule has 0 radical (unpaired) electrons. The second kappa shape index (κ2) is 9.31. The van der Waals surface area contributed by atoms with Crippen LogP contribution in [-0.4, -0.2) is 27.7 Å². The third kappa shape index (κ3) is 4.94. The van der Waals surface area contributed by atoms with Crippen LogP contribution in [0, 0.1) is 10.1 Å². The maximum absolute atomic E-state index is 11.1. The summed E-state index contributed by atoms with van der Waals surface area (Å²) in [5.41, 5.74) is 2.99. The zero-order chi connectivity index (χ0) is 19.8. The Morgan fingerprint density at radius 3 is 2.32 bits per heavy atom. The SMILES string of the molecule is CN=C(NCc1ccccc1Cn1cccn1)NCc1ccccc1[N+](=O)[O-]. The first-order valence-electron chi connectivity index (χ1n) is 8.88. The summed E-state index contributed by atoms with van der Waals surface area (Å²) in [6.07, 6.45) is 3.69. The second-order valence-corrected chi connectivity index (χ2v) is 6.14. The summed E-state index contributed by atoms with van der Waals surface area (Å²) in [6, 6.07) is 16.7. The molecule has 3 aromatic rings. The van der Waals surface area contributed by atoms with E-state index in [1.807, 2.05) is 29.1 Å². The van der Waals surface area contributed by atoms with Crippen LogP contribution in [0.3, 0.4) is 0 Å². The third-order valence-electron chi connectivity index (χ3n) is 4.31. The number of aromatic nitrogens is 2. The number of guanidine groups is 1. The van der Waals surface area contributed by atoms with Gasteiger partial charge in [0.1, 0.15) is 0 Å². The molecule has 1 aromatic heterocycles. The van der Waals surface area contributed by atoms with E-state index in [1.54, 1.807) is 31.4 Å². The third-order valence-corrected chi connectivity index (χ3v) is 4.31. The lowest BCUT2D eigenvalue weighted by Crippen LogP contribution is -2.36. The summed E-state index contributed by atoms with van der Waals surface area (Å²) in [4.78, 5) is 15.0. The Bertz CT molecular complexity index is 953. The Labute approximate surface area is 163 Å². The van der Waals surface area contributed by atoms with Gasteiger partial charge in [0.2, 0.25) is 0 Å². The van der Waals surface area contributed by atoms with E-state index in [-0.39, 0.29) is 10.6 Å². The summed E-state index contributed by atoms with van der Waals surface area (Å²) in [7, 11) is 1.67. The van der Waals surface area contributed by atoms with Crippen LogP contribution in [0.25, 0.3) is 0 Å². The van der Waals surface area contributed by atoms with Crippen LogP contribution in [-0.2, 0) is 19.6 Å². The average Bonchev–Trinajstić information content (AvgIpc) is 3.22. The van der Waals surface area contributed by atoms with Gasteiger partial charge in [-0.1, -0.05) is 42.5 Å². The van der Waals surface area contributed by atoms with Crippen LogP contribution < -0.4 is 10.6 Å². The maximum Gasteiger partial charge on any atom is 0.274 e. The van der Waals surface area contributed by atoms with Crippen molar-refractivity contribution in [2.45, 2.75) is 19.6 Å². The highest BCUT2D eigenvalue weighted by atomic mass is 16.6. The Morgan fingerprint density at radius 1 is 1.04 bits per heavy atom. The summed E-state index contributed by atoms with van der Waals surface area (Å²) in [5.74, 6) is 0.576. The lowest BCUT2D eigenvalue weighted by atomic mass is 10.1. The normalized spacial score (nSPS) is 11.2. The van der Waals surface area contributed by atoms with Gasteiger partial charge in [-0.2, -0.15) is 5.10 Å². The number of nitro benzene ring substituents is 1. The summed E-state index contributed by atoms with van der Waals surface area (Å²) in [5, 5.41) is 21.8. The summed E-state index contributed by atoms with van der Waals surface area (Å²) < 4.78 is 1.88. The molecule has 0 aliphatic rings. The van der Waals surface area contributed by atoms with Crippen LogP contribution in [0.1, 0.15) is 16.7 Å². The second-order valence-electron chi connectivity index (χ2n) is 6.14. The van der Waals surface area contributed by atoms with Gasteiger partial charge >= 0.3 is 0 Å². The zero-order valence-electron chi connectivity index (χ0n) is 15.6. The molecule has 0 saturated heterocycles. The highest BCUT2D eigenvalue weighted by molar-refractivity contribution is 5.79. The van der Waals surface area contributed by atoms with Crippen molar-refractivity contribution in [3.63, 3.8) is 0 Å². The largest absolute Gasteiger partial charge is 0.352 e. The van der Waals surface area contributed by atoms with E-state index in [1.165, 1.54) is 6.07 Å². The van der Waals surface area contributed by atoms with E-state index in [2.05, 4.69) is 32.9 Å². The number of hydrogen-bond donors (Lipinski definition) is 2. The lowest BCUT2D eigenvalue weighted by molar-refractivity contribution is -0.385. The minimum absolute atomic E-state index is 0.0926. The van der Waals surface area contributed by atoms with E-state index in [9.17, 15) is 10.1 Å². The molecule has 0 unspecified atom stereocenters. The molecule has 0 amide bonds. The minimum atomic E-state index is -0.376. The van der Waals surface area contributed by atoms with Crippen molar-refractivity contribution in [1.82, 2.24) is 20.4 Å². The molecular formula is C20H22N6O2. The number of hydrogen-bond acceptors (Lipinski definition) is 4. The molecule has 0 bridgehead atoms. The van der Waals surface area contributed by atoms with Gasteiger partial charge in [-0.15, -0.1) is 0 Å². The van der Waals surface area contributed by atoms with E-state index < -0.39 is 0 Å². The highest BCUT2D eigenvalue weighted by Crippen LogP contribution is 2.17. The van der Waals surface area contributed by atoms with Crippen LogP contribution >= 0.6 is 0 Å². The molecule has 0 spiro atoms. The number of aliphatic imine (C=N–C) groups is 1. The molecule has 8 heteroatoms. The molecule has 1 heterocycles. The molecule has 0 fully saturated rings. The standard InChI is InChI=1S/C20H22N6O2/c1-21-20(23-14-17-8-4-5-10-19(17)26(27)28)22-13-16-7-2-3-9-18(16)15-25-12-6-11-24-25/h2-12H,13-15H2,1H3,(H2,21,22,23).